The average molecular weight is 461 g/mol. The monoisotopic (exact) mass is 460 g/mol. The lowest BCUT2D eigenvalue weighted by molar-refractivity contribution is 1.19. The summed E-state index contributed by atoms with van der Waals surface area (Å²) in [6.07, 6.45) is 1.18. The van der Waals surface area contributed by atoms with Gasteiger partial charge in [0.2, 0.25) is 0 Å². The van der Waals surface area contributed by atoms with Gasteiger partial charge in [0.15, 0.2) is 0 Å². The van der Waals surface area contributed by atoms with Crippen molar-refractivity contribution in [1.29, 1.82) is 0 Å². The first-order chi connectivity index (χ1) is 15.2. The molecule has 0 aliphatic carbocycles. The molecule has 0 fully saturated rings. The van der Waals surface area contributed by atoms with E-state index in [0.717, 1.165) is 0 Å². The molecule has 0 bridgehead atoms. The third kappa shape index (κ3) is 7.62. The van der Waals surface area contributed by atoms with Crippen LogP contribution in [0.15, 0.2) is 100 Å². The van der Waals surface area contributed by atoms with E-state index < -0.39 is 0 Å². The summed E-state index contributed by atoms with van der Waals surface area (Å²) in [5.41, 5.74) is 6.57. The second kappa shape index (κ2) is 12.4. The lowest BCUT2D eigenvalue weighted by Crippen LogP contribution is -1.73. The molecule has 5 rings (SSSR count). The van der Waals surface area contributed by atoms with Crippen molar-refractivity contribution in [2.24, 2.45) is 0 Å². The van der Waals surface area contributed by atoms with Crippen molar-refractivity contribution in [3.8, 4) is 21.6 Å². The summed E-state index contributed by atoms with van der Waals surface area (Å²) in [6, 6.07) is 27.9. The molecule has 0 aliphatic heterocycles. The lowest BCUT2D eigenvalue weighted by atomic mass is 10.1. The topological polar surface area (TPSA) is 0 Å². The Balaban J connectivity index is 0.000000137. The summed E-state index contributed by atoms with van der Waals surface area (Å²) < 4.78 is 0. The van der Waals surface area contributed by atoms with Gasteiger partial charge in [0.05, 0.1) is 0 Å². The van der Waals surface area contributed by atoms with Crippen LogP contribution >= 0.6 is 34.0 Å². The first-order valence-corrected chi connectivity index (χ1v) is 13.1. The first kappa shape index (κ1) is 23.2. The van der Waals surface area contributed by atoms with Crippen molar-refractivity contribution in [1.82, 2.24) is 0 Å². The largest absolute Gasteiger partial charge is 0.152 e. The highest BCUT2D eigenvalue weighted by Crippen LogP contribution is 2.24. The van der Waals surface area contributed by atoms with Crippen LogP contribution in [-0.2, 0) is 6.42 Å². The molecular weight excluding hydrogens is 433 g/mol. The molecule has 0 amide bonds. The van der Waals surface area contributed by atoms with E-state index in [1.54, 1.807) is 22.7 Å². The second-order valence-corrected chi connectivity index (χ2v) is 9.91. The number of hydrogen-bond acceptors (Lipinski definition) is 3. The van der Waals surface area contributed by atoms with E-state index in [4.69, 9.17) is 0 Å². The van der Waals surface area contributed by atoms with Crippen molar-refractivity contribution in [2.75, 3.05) is 0 Å². The van der Waals surface area contributed by atoms with Gasteiger partial charge < -0.3 is 0 Å². The van der Waals surface area contributed by atoms with E-state index in [-0.39, 0.29) is 0 Å². The Bertz CT molecular complexity index is 1010. The summed E-state index contributed by atoms with van der Waals surface area (Å²) in [5, 5.41) is 8.49. The molecule has 0 nitrogen and oxygen atoms in total. The van der Waals surface area contributed by atoms with Gasteiger partial charge in [-0.25, -0.2) is 0 Å². The second-order valence-electron chi connectivity index (χ2n) is 7.15. The molecule has 0 radical (unpaired) electrons. The number of thiophene rings is 3. The van der Waals surface area contributed by atoms with Crippen LogP contribution in [0.3, 0.4) is 0 Å². The zero-order valence-corrected chi connectivity index (χ0v) is 20.7. The molecule has 0 spiro atoms. The molecule has 3 heteroatoms. The molecule has 0 aliphatic rings. The summed E-state index contributed by atoms with van der Waals surface area (Å²) in [4.78, 5) is 2.81. The Hall–Kier alpha value is -2.46. The van der Waals surface area contributed by atoms with Crippen LogP contribution in [0.5, 0.6) is 0 Å². The molecule has 3 aromatic heterocycles. The quantitative estimate of drug-likeness (QED) is 0.251. The number of rotatable bonds is 3. The van der Waals surface area contributed by atoms with Gasteiger partial charge in [-0.15, -0.1) is 22.7 Å². The van der Waals surface area contributed by atoms with Crippen LogP contribution in [0.1, 0.15) is 22.9 Å². The van der Waals surface area contributed by atoms with E-state index in [0.29, 0.717) is 0 Å². The summed E-state index contributed by atoms with van der Waals surface area (Å²) in [6.45, 7) is 6.39. The van der Waals surface area contributed by atoms with Crippen LogP contribution in [0.4, 0.5) is 0 Å². The smallest absolute Gasteiger partial charge is 0.0342 e. The molecule has 0 unspecified atom stereocenters. The summed E-state index contributed by atoms with van der Waals surface area (Å²) >= 11 is 5.34. The normalized spacial score (nSPS) is 9.90. The summed E-state index contributed by atoms with van der Waals surface area (Å²) in [7, 11) is 0. The van der Waals surface area contributed by atoms with Crippen LogP contribution in [0, 0.1) is 13.8 Å². The van der Waals surface area contributed by atoms with Gasteiger partial charge in [-0.05, 0) is 76.7 Å². The fourth-order valence-electron chi connectivity index (χ4n) is 2.85. The summed E-state index contributed by atoms with van der Waals surface area (Å²) in [5.74, 6) is 0. The Morgan fingerprint density at radius 2 is 1.19 bits per heavy atom. The van der Waals surface area contributed by atoms with Crippen LogP contribution < -0.4 is 0 Å². The fourth-order valence-corrected chi connectivity index (χ4v) is 4.90. The van der Waals surface area contributed by atoms with Crippen molar-refractivity contribution in [3.63, 3.8) is 0 Å². The maximum Gasteiger partial charge on any atom is 0.0342 e. The van der Waals surface area contributed by atoms with Gasteiger partial charge in [-0.3, -0.25) is 0 Å². The minimum atomic E-state index is 1.18. The standard InChI is InChI=1S/2C11H10S.C6H8S/c1-9-2-4-10(5-3-9)11-6-7-12-8-11;1-9-4-6-10(7-5-9)11-3-2-8-12-11;1-2-6-4-3-5-7-6/h2*2-8H,1H3;3-5H,2H2,1H3. The Morgan fingerprint density at radius 1 is 0.581 bits per heavy atom. The molecule has 0 saturated heterocycles. The highest BCUT2D eigenvalue weighted by molar-refractivity contribution is 7.13. The van der Waals surface area contributed by atoms with E-state index in [1.165, 1.54) is 44.0 Å². The van der Waals surface area contributed by atoms with Crippen LogP contribution in [-0.4, -0.2) is 0 Å². The van der Waals surface area contributed by atoms with Gasteiger partial charge in [0.25, 0.3) is 0 Å². The number of benzene rings is 2. The highest BCUT2D eigenvalue weighted by atomic mass is 32.1. The zero-order chi connectivity index (χ0) is 21.9. The average Bonchev–Trinajstić information content (AvgIpc) is 3.59. The maximum atomic E-state index is 2.17. The van der Waals surface area contributed by atoms with E-state index in [2.05, 4.69) is 121 Å². The van der Waals surface area contributed by atoms with Crippen LogP contribution in [0.25, 0.3) is 21.6 Å². The number of hydrogen-bond donors (Lipinski definition) is 0. The molecule has 3 heterocycles. The molecule has 2 aromatic carbocycles. The molecule has 31 heavy (non-hydrogen) atoms. The SMILES string of the molecule is CCc1cccs1.Cc1ccc(-c2cccs2)cc1.Cc1ccc(-c2ccsc2)cc1. The molecular formula is C28H28S3. The predicted octanol–water partition coefficient (Wildman–Crippen LogP) is 9.76. The van der Waals surface area contributed by atoms with Crippen molar-refractivity contribution in [2.45, 2.75) is 27.2 Å². The van der Waals surface area contributed by atoms with Gasteiger partial charge >= 0.3 is 0 Å². The Labute approximate surface area is 198 Å². The molecule has 158 valence electrons. The Kier molecular flexibility index (Phi) is 9.29. The third-order valence-corrected chi connectivity index (χ3v) is 7.31. The molecule has 0 N–H and O–H groups in total. The van der Waals surface area contributed by atoms with E-state index >= 15 is 0 Å². The molecule has 5 aromatic rings. The highest BCUT2D eigenvalue weighted by Gasteiger charge is 1.96. The maximum absolute atomic E-state index is 2.17. The number of aryl methyl sites for hydroxylation is 3. The molecule has 0 saturated carbocycles. The van der Waals surface area contributed by atoms with Crippen molar-refractivity contribution < 1.29 is 0 Å². The van der Waals surface area contributed by atoms with Gasteiger partial charge in [0.1, 0.15) is 0 Å². The van der Waals surface area contributed by atoms with Gasteiger partial charge in [-0.1, -0.05) is 78.7 Å². The third-order valence-electron chi connectivity index (χ3n) is 4.69. The predicted molar refractivity (Wildman–Crippen MR) is 143 cm³/mol. The minimum absolute atomic E-state index is 1.18. The fraction of sp³-hybridized carbons (Fsp3) is 0.143. The van der Waals surface area contributed by atoms with E-state index in [1.807, 2.05) is 11.3 Å². The first-order valence-electron chi connectivity index (χ1n) is 10.4. The Morgan fingerprint density at radius 3 is 1.65 bits per heavy atom. The van der Waals surface area contributed by atoms with Gasteiger partial charge in [0, 0.05) is 9.75 Å². The van der Waals surface area contributed by atoms with Crippen molar-refractivity contribution in [3.05, 3.63) is 116 Å². The molecule has 0 atom stereocenters. The minimum Gasteiger partial charge on any atom is -0.152 e. The zero-order valence-electron chi connectivity index (χ0n) is 18.2. The van der Waals surface area contributed by atoms with Crippen LogP contribution in [0.2, 0.25) is 0 Å². The van der Waals surface area contributed by atoms with E-state index in [9.17, 15) is 0 Å². The lowest BCUT2D eigenvalue weighted by Gasteiger charge is -1.97. The van der Waals surface area contributed by atoms with Crippen molar-refractivity contribution >= 4 is 34.0 Å². The van der Waals surface area contributed by atoms with Gasteiger partial charge in [-0.2, -0.15) is 11.3 Å².